The van der Waals surface area contributed by atoms with Gasteiger partial charge in [0.1, 0.15) is 17.2 Å². The van der Waals surface area contributed by atoms with E-state index in [1.807, 2.05) is 0 Å². The number of hydrogen-bond donors (Lipinski definition) is 3. The van der Waals surface area contributed by atoms with Gasteiger partial charge < -0.3 is 20.4 Å². The van der Waals surface area contributed by atoms with Crippen molar-refractivity contribution in [2.45, 2.75) is 12.6 Å². The van der Waals surface area contributed by atoms with Crippen molar-refractivity contribution in [1.82, 2.24) is 19.5 Å². The molecular weight excluding hydrogens is 230 g/mol. The Balaban J connectivity index is 2.43. The van der Waals surface area contributed by atoms with Crippen LogP contribution in [0, 0.1) is 4.64 Å². The molecule has 0 bridgehead atoms. The van der Waals surface area contributed by atoms with Crippen molar-refractivity contribution in [1.29, 1.82) is 0 Å². The third-order valence-electron chi connectivity index (χ3n) is 2.13. The number of nitrogens with two attached hydrogens (primary N) is 1. The summed E-state index contributed by atoms with van der Waals surface area (Å²) in [5.74, 6) is -1.06. The molecule has 4 N–H and O–H groups in total. The molecule has 7 nitrogen and oxygen atoms in total. The molecule has 0 saturated heterocycles. The van der Waals surface area contributed by atoms with Crippen LogP contribution in [0.4, 0.5) is 0 Å². The van der Waals surface area contributed by atoms with Gasteiger partial charge in [0.15, 0.2) is 4.64 Å². The third kappa shape index (κ3) is 1.79. The zero-order valence-electron chi connectivity index (χ0n) is 8.12. The number of nitrogens with zero attached hydrogens (tertiary/aromatic N) is 3. The number of carbonyl (C=O) groups is 1. The standard InChI is InChI=1S/C8H9N5O2S/c9-4(8(14)15)1-13-3-12-5-6(13)10-2-11-7(5)16/h2-4H,1,9H2,(H,14,15)(H,10,11,16). The van der Waals surface area contributed by atoms with Gasteiger partial charge in [-0.25, -0.2) is 9.97 Å². The van der Waals surface area contributed by atoms with Crippen LogP contribution in [0.3, 0.4) is 0 Å². The number of nitrogens with one attached hydrogen (secondary N) is 1. The second-order valence-electron chi connectivity index (χ2n) is 3.25. The predicted molar refractivity (Wildman–Crippen MR) is 58.3 cm³/mol. The number of aromatic amines is 1. The SMILES string of the molecule is NC(Cn1cnc2c(=S)nc[nH]c21)C(=O)O. The number of fused-ring (bicyclic) bond motifs is 1. The zero-order valence-corrected chi connectivity index (χ0v) is 8.94. The van der Waals surface area contributed by atoms with Crippen molar-refractivity contribution in [3.8, 4) is 0 Å². The molecule has 0 aromatic carbocycles. The fourth-order valence-corrected chi connectivity index (χ4v) is 1.53. The maximum absolute atomic E-state index is 10.6. The summed E-state index contributed by atoms with van der Waals surface area (Å²) in [5, 5.41) is 8.71. The first-order valence-corrected chi connectivity index (χ1v) is 4.87. The number of rotatable bonds is 3. The van der Waals surface area contributed by atoms with Gasteiger partial charge in [-0.05, 0) is 0 Å². The van der Waals surface area contributed by atoms with E-state index >= 15 is 0 Å². The van der Waals surface area contributed by atoms with E-state index in [9.17, 15) is 4.79 Å². The van der Waals surface area contributed by atoms with Gasteiger partial charge >= 0.3 is 5.97 Å². The molecule has 0 amide bonds. The molecule has 0 aliphatic rings. The van der Waals surface area contributed by atoms with Crippen LogP contribution in [0.25, 0.3) is 11.2 Å². The molecule has 16 heavy (non-hydrogen) atoms. The Hall–Kier alpha value is -1.80. The minimum atomic E-state index is -1.06. The summed E-state index contributed by atoms with van der Waals surface area (Å²) in [6.45, 7) is 0.126. The van der Waals surface area contributed by atoms with Crippen LogP contribution in [0.15, 0.2) is 12.7 Å². The molecule has 0 aliphatic heterocycles. The average molecular weight is 239 g/mol. The Bertz CT molecular complexity index is 589. The molecule has 0 saturated carbocycles. The van der Waals surface area contributed by atoms with Gasteiger partial charge in [0.25, 0.3) is 0 Å². The van der Waals surface area contributed by atoms with Gasteiger partial charge in [0, 0.05) is 0 Å². The van der Waals surface area contributed by atoms with E-state index in [0.717, 1.165) is 0 Å². The second-order valence-corrected chi connectivity index (χ2v) is 3.63. The van der Waals surface area contributed by atoms with Crippen molar-refractivity contribution >= 4 is 29.4 Å². The Labute approximate surface area is 94.9 Å². The van der Waals surface area contributed by atoms with Crippen LogP contribution < -0.4 is 5.73 Å². The molecular formula is C8H9N5O2S. The summed E-state index contributed by atoms with van der Waals surface area (Å²) >= 11 is 4.98. The Morgan fingerprint density at radius 1 is 1.69 bits per heavy atom. The van der Waals surface area contributed by atoms with E-state index in [2.05, 4.69) is 15.0 Å². The number of carboxylic acid groups (broad SMARTS) is 1. The fourth-order valence-electron chi connectivity index (χ4n) is 1.33. The van der Waals surface area contributed by atoms with Gasteiger partial charge in [-0.3, -0.25) is 4.79 Å². The maximum atomic E-state index is 10.6. The van der Waals surface area contributed by atoms with Crippen LogP contribution in [0.5, 0.6) is 0 Å². The highest BCUT2D eigenvalue weighted by Gasteiger charge is 2.14. The van der Waals surface area contributed by atoms with Crippen LogP contribution in [0.2, 0.25) is 0 Å². The van der Waals surface area contributed by atoms with E-state index in [1.54, 1.807) is 4.57 Å². The lowest BCUT2D eigenvalue weighted by Gasteiger charge is -2.07. The molecule has 0 aliphatic carbocycles. The normalized spacial score (nSPS) is 12.8. The molecule has 1 unspecified atom stereocenters. The minimum Gasteiger partial charge on any atom is -0.480 e. The van der Waals surface area contributed by atoms with E-state index in [4.69, 9.17) is 23.1 Å². The molecule has 0 radical (unpaired) electrons. The number of H-pyrrole nitrogens is 1. The van der Waals surface area contributed by atoms with Gasteiger partial charge in [-0.1, -0.05) is 12.2 Å². The molecule has 0 fully saturated rings. The predicted octanol–water partition coefficient (Wildman–Crippen LogP) is -0.0992. The summed E-state index contributed by atoms with van der Waals surface area (Å²) in [6.07, 6.45) is 2.93. The van der Waals surface area contributed by atoms with Gasteiger partial charge in [0.2, 0.25) is 0 Å². The van der Waals surface area contributed by atoms with E-state index in [-0.39, 0.29) is 6.54 Å². The van der Waals surface area contributed by atoms with Crippen molar-refractivity contribution in [2.24, 2.45) is 5.73 Å². The monoisotopic (exact) mass is 239 g/mol. The van der Waals surface area contributed by atoms with Crippen molar-refractivity contribution in [3.05, 3.63) is 17.3 Å². The molecule has 2 rings (SSSR count). The highest BCUT2D eigenvalue weighted by molar-refractivity contribution is 7.71. The first-order chi connectivity index (χ1) is 7.59. The number of hydrogen-bond acceptors (Lipinski definition) is 5. The quantitative estimate of drug-likeness (QED) is 0.645. The number of imidazole rings is 1. The average Bonchev–Trinajstić information content (AvgIpc) is 2.63. The fraction of sp³-hybridized carbons (Fsp3) is 0.250. The number of aromatic nitrogens is 4. The lowest BCUT2D eigenvalue weighted by atomic mass is 10.3. The second kappa shape index (κ2) is 3.99. The van der Waals surface area contributed by atoms with E-state index < -0.39 is 12.0 Å². The molecule has 0 spiro atoms. The zero-order chi connectivity index (χ0) is 11.7. The van der Waals surface area contributed by atoms with Gasteiger partial charge in [0.05, 0.1) is 19.2 Å². The number of aliphatic carboxylic acids is 1. The Kier molecular flexibility index (Phi) is 2.67. The van der Waals surface area contributed by atoms with Crippen LogP contribution in [-0.2, 0) is 11.3 Å². The molecule has 84 valence electrons. The topological polar surface area (TPSA) is 110 Å². The number of carboxylic acids is 1. The van der Waals surface area contributed by atoms with Crippen molar-refractivity contribution < 1.29 is 9.90 Å². The lowest BCUT2D eigenvalue weighted by Crippen LogP contribution is -2.34. The molecule has 2 heterocycles. The van der Waals surface area contributed by atoms with Crippen LogP contribution in [-0.4, -0.2) is 36.6 Å². The summed E-state index contributed by atoms with van der Waals surface area (Å²) in [5.41, 5.74) is 6.59. The maximum Gasteiger partial charge on any atom is 0.322 e. The van der Waals surface area contributed by atoms with Crippen molar-refractivity contribution in [2.75, 3.05) is 0 Å². The van der Waals surface area contributed by atoms with E-state index in [1.165, 1.54) is 12.7 Å². The highest BCUT2D eigenvalue weighted by atomic mass is 32.1. The van der Waals surface area contributed by atoms with E-state index in [0.29, 0.717) is 15.8 Å². The Morgan fingerprint density at radius 3 is 3.12 bits per heavy atom. The first-order valence-electron chi connectivity index (χ1n) is 4.46. The summed E-state index contributed by atoms with van der Waals surface area (Å²) < 4.78 is 1.97. The largest absolute Gasteiger partial charge is 0.480 e. The molecule has 2 aromatic heterocycles. The van der Waals surface area contributed by atoms with Crippen LogP contribution in [0.1, 0.15) is 0 Å². The first kappa shape index (κ1) is 10.7. The highest BCUT2D eigenvalue weighted by Crippen LogP contribution is 2.09. The summed E-state index contributed by atoms with van der Waals surface area (Å²) in [6, 6.07) is -0.979. The molecule has 2 aromatic rings. The third-order valence-corrected chi connectivity index (χ3v) is 2.43. The minimum absolute atomic E-state index is 0.126. The van der Waals surface area contributed by atoms with Gasteiger partial charge in [-0.15, -0.1) is 0 Å². The van der Waals surface area contributed by atoms with Crippen molar-refractivity contribution in [3.63, 3.8) is 0 Å². The van der Waals surface area contributed by atoms with Crippen LogP contribution >= 0.6 is 12.2 Å². The lowest BCUT2D eigenvalue weighted by molar-refractivity contribution is -0.138. The molecule has 8 heteroatoms. The Morgan fingerprint density at radius 2 is 2.44 bits per heavy atom. The summed E-state index contributed by atoms with van der Waals surface area (Å²) in [4.78, 5) is 21.4. The molecule has 1 atom stereocenters. The smallest absolute Gasteiger partial charge is 0.322 e. The van der Waals surface area contributed by atoms with Gasteiger partial charge in [-0.2, -0.15) is 0 Å². The summed E-state index contributed by atoms with van der Waals surface area (Å²) in [7, 11) is 0.